The molecule has 3 unspecified atom stereocenters. The van der Waals surface area contributed by atoms with Gasteiger partial charge in [0.15, 0.2) is 0 Å². The first-order valence-electron chi connectivity index (χ1n) is 4.12. The predicted molar refractivity (Wildman–Crippen MR) is 46.9 cm³/mol. The zero-order valence-corrected chi connectivity index (χ0v) is 7.99. The number of ether oxygens (including phenoxy) is 2. The molecule has 0 amide bonds. The summed E-state index contributed by atoms with van der Waals surface area (Å²) < 4.78 is 10.3. The normalized spacial score (nSPS) is 18.8. The first-order chi connectivity index (χ1) is 5.61. The van der Waals surface area contributed by atoms with Crippen molar-refractivity contribution >= 4 is 0 Å². The van der Waals surface area contributed by atoms with Crippen LogP contribution in [0.3, 0.4) is 0 Å². The van der Waals surface area contributed by atoms with Crippen molar-refractivity contribution < 1.29 is 14.6 Å². The fourth-order valence-electron chi connectivity index (χ4n) is 0.906. The van der Waals surface area contributed by atoms with Gasteiger partial charge in [0.25, 0.3) is 0 Å². The van der Waals surface area contributed by atoms with Crippen molar-refractivity contribution in [2.75, 3.05) is 20.3 Å². The maximum Gasteiger partial charge on any atom is 0.0958 e. The van der Waals surface area contributed by atoms with Crippen molar-refractivity contribution in [3.8, 4) is 0 Å². The van der Waals surface area contributed by atoms with Crippen LogP contribution >= 0.6 is 0 Å². The summed E-state index contributed by atoms with van der Waals surface area (Å²) in [5, 5.41) is 8.87. The molecule has 3 atom stereocenters. The Morgan fingerprint density at radius 3 is 2.33 bits per heavy atom. The molecule has 0 bridgehead atoms. The van der Waals surface area contributed by atoms with Crippen LogP contribution in [0.5, 0.6) is 0 Å². The Balaban J connectivity index is 3.69. The number of aliphatic hydroxyl groups excluding tert-OH is 1. The minimum absolute atomic E-state index is 0.0295. The van der Waals surface area contributed by atoms with Crippen LogP contribution in [0.2, 0.25) is 0 Å². The van der Waals surface area contributed by atoms with E-state index in [0.29, 0.717) is 6.61 Å². The number of aliphatic hydroxyl groups is 1. The first kappa shape index (κ1) is 11.8. The Labute approximate surface area is 73.7 Å². The number of nitrogens with two attached hydrogens (primary N) is 1. The van der Waals surface area contributed by atoms with Crippen LogP contribution in [-0.2, 0) is 9.47 Å². The van der Waals surface area contributed by atoms with Gasteiger partial charge in [0, 0.05) is 13.2 Å². The molecule has 3 N–H and O–H groups in total. The minimum Gasteiger partial charge on any atom is -0.394 e. The van der Waals surface area contributed by atoms with Crippen molar-refractivity contribution in [2.24, 2.45) is 5.73 Å². The van der Waals surface area contributed by atoms with Crippen LogP contribution in [0.4, 0.5) is 0 Å². The maximum atomic E-state index is 8.87. The fraction of sp³-hybridized carbons (Fsp3) is 1.00. The summed E-state index contributed by atoms with van der Waals surface area (Å²) in [6.07, 6.45) is -0.326. The molecule has 0 heterocycles. The molecule has 0 radical (unpaired) electrons. The molecule has 12 heavy (non-hydrogen) atoms. The highest BCUT2D eigenvalue weighted by atomic mass is 16.5. The van der Waals surface area contributed by atoms with E-state index in [9.17, 15) is 0 Å². The second-order valence-electron chi connectivity index (χ2n) is 2.98. The lowest BCUT2D eigenvalue weighted by molar-refractivity contribution is -0.0661. The molecule has 4 heteroatoms. The second-order valence-corrected chi connectivity index (χ2v) is 2.98. The van der Waals surface area contributed by atoms with E-state index in [1.807, 2.05) is 6.92 Å². The van der Waals surface area contributed by atoms with E-state index < -0.39 is 0 Å². The molecular formula is C8H19NO3. The van der Waals surface area contributed by atoms with Gasteiger partial charge in [-0.3, -0.25) is 0 Å². The summed E-state index contributed by atoms with van der Waals surface area (Å²) in [4.78, 5) is 0. The zero-order valence-electron chi connectivity index (χ0n) is 7.99. The average molecular weight is 177 g/mol. The lowest BCUT2D eigenvalue weighted by atomic mass is 10.2. The van der Waals surface area contributed by atoms with Gasteiger partial charge in [-0.25, -0.2) is 0 Å². The lowest BCUT2D eigenvalue weighted by Gasteiger charge is -2.23. The average Bonchev–Trinajstić information content (AvgIpc) is 2.00. The van der Waals surface area contributed by atoms with Gasteiger partial charge in [-0.2, -0.15) is 0 Å². The second kappa shape index (κ2) is 6.37. The smallest absolute Gasteiger partial charge is 0.0958 e. The quantitative estimate of drug-likeness (QED) is 0.587. The molecule has 0 aromatic rings. The molecule has 4 nitrogen and oxygen atoms in total. The summed E-state index contributed by atoms with van der Waals surface area (Å²) in [5.41, 5.74) is 5.57. The highest BCUT2D eigenvalue weighted by molar-refractivity contribution is 4.68. The zero-order chi connectivity index (χ0) is 9.56. The van der Waals surface area contributed by atoms with Gasteiger partial charge in [-0.1, -0.05) is 0 Å². The maximum absolute atomic E-state index is 8.87. The molecule has 0 saturated heterocycles. The monoisotopic (exact) mass is 177 g/mol. The number of methoxy groups -OCH3 is 1. The van der Waals surface area contributed by atoms with Crippen molar-refractivity contribution in [1.82, 2.24) is 0 Å². The van der Waals surface area contributed by atoms with Crippen LogP contribution in [0.25, 0.3) is 0 Å². The third-order valence-electron chi connectivity index (χ3n) is 1.57. The Bertz CT molecular complexity index is 108. The standard InChI is InChI=1S/C8H19NO3/c1-6(5-11-3)12-8(4-10)7(2)9/h6-8,10H,4-5,9H2,1-3H3. The van der Waals surface area contributed by atoms with Gasteiger partial charge < -0.3 is 20.3 Å². The molecule has 74 valence electrons. The van der Waals surface area contributed by atoms with Crippen molar-refractivity contribution in [2.45, 2.75) is 32.1 Å². The number of rotatable bonds is 6. The fourth-order valence-corrected chi connectivity index (χ4v) is 0.906. The SMILES string of the molecule is COCC(C)OC(CO)C(C)N. The molecule has 0 aliphatic heterocycles. The summed E-state index contributed by atoms with van der Waals surface area (Å²) in [5.74, 6) is 0. The molecular weight excluding hydrogens is 158 g/mol. The van der Waals surface area contributed by atoms with E-state index in [1.54, 1.807) is 14.0 Å². The van der Waals surface area contributed by atoms with Gasteiger partial charge in [0.05, 0.1) is 25.4 Å². The minimum atomic E-state index is -0.296. The predicted octanol–water partition coefficient (Wildman–Crippen LogP) is -0.254. The first-order valence-corrected chi connectivity index (χ1v) is 4.12. The molecule has 0 fully saturated rings. The molecule has 0 rings (SSSR count). The van der Waals surface area contributed by atoms with Crippen molar-refractivity contribution in [1.29, 1.82) is 0 Å². The van der Waals surface area contributed by atoms with Gasteiger partial charge in [0.2, 0.25) is 0 Å². The molecule has 0 saturated carbocycles. The molecule has 0 aliphatic carbocycles. The largest absolute Gasteiger partial charge is 0.394 e. The van der Waals surface area contributed by atoms with Crippen LogP contribution in [0.15, 0.2) is 0 Å². The Morgan fingerprint density at radius 1 is 1.42 bits per heavy atom. The molecule has 0 aromatic carbocycles. The van der Waals surface area contributed by atoms with Gasteiger partial charge >= 0.3 is 0 Å². The summed E-state index contributed by atoms with van der Waals surface area (Å²) in [7, 11) is 1.61. The van der Waals surface area contributed by atoms with E-state index in [2.05, 4.69) is 0 Å². The van der Waals surface area contributed by atoms with Gasteiger partial charge in [-0.05, 0) is 13.8 Å². The molecule has 0 aliphatic rings. The van der Waals surface area contributed by atoms with Crippen LogP contribution < -0.4 is 5.73 Å². The lowest BCUT2D eigenvalue weighted by Crippen LogP contribution is -2.39. The third-order valence-corrected chi connectivity index (χ3v) is 1.57. The van der Waals surface area contributed by atoms with E-state index >= 15 is 0 Å². The van der Waals surface area contributed by atoms with Gasteiger partial charge in [-0.15, -0.1) is 0 Å². The summed E-state index contributed by atoms with van der Waals surface area (Å²) in [6, 6.07) is -0.158. The highest BCUT2D eigenvalue weighted by Gasteiger charge is 2.16. The molecule has 0 spiro atoms. The topological polar surface area (TPSA) is 64.7 Å². The summed E-state index contributed by atoms with van der Waals surface area (Å²) >= 11 is 0. The van der Waals surface area contributed by atoms with Crippen molar-refractivity contribution in [3.05, 3.63) is 0 Å². The molecule has 0 aromatic heterocycles. The van der Waals surface area contributed by atoms with E-state index in [0.717, 1.165) is 0 Å². The van der Waals surface area contributed by atoms with E-state index in [-0.39, 0.29) is 24.9 Å². The number of hydrogen-bond donors (Lipinski definition) is 2. The van der Waals surface area contributed by atoms with E-state index in [4.69, 9.17) is 20.3 Å². The third kappa shape index (κ3) is 4.66. The Morgan fingerprint density at radius 2 is 2.00 bits per heavy atom. The van der Waals surface area contributed by atoms with Crippen molar-refractivity contribution in [3.63, 3.8) is 0 Å². The van der Waals surface area contributed by atoms with E-state index in [1.165, 1.54) is 0 Å². The van der Waals surface area contributed by atoms with Crippen LogP contribution in [-0.4, -0.2) is 43.7 Å². The highest BCUT2D eigenvalue weighted by Crippen LogP contribution is 2.01. The number of hydrogen-bond acceptors (Lipinski definition) is 4. The van der Waals surface area contributed by atoms with Gasteiger partial charge in [0.1, 0.15) is 0 Å². The summed E-state index contributed by atoms with van der Waals surface area (Å²) in [6.45, 7) is 4.16. The van der Waals surface area contributed by atoms with Crippen LogP contribution in [0.1, 0.15) is 13.8 Å². The Hall–Kier alpha value is -0.160. The van der Waals surface area contributed by atoms with Crippen LogP contribution in [0, 0.1) is 0 Å². The Kier molecular flexibility index (Phi) is 6.28.